The summed E-state index contributed by atoms with van der Waals surface area (Å²) in [6.07, 6.45) is 1.36. The van der Waals surface area contributed by atoms with Crippen LogP contribution >= 0.6 is 11.6 Å². The molecule has 0 aliphatic heterocycles. The maximum atomic E-state index is 11.7. The average molecular weight is 304 g/mol. The van der Waals surface area contributed by atoms with E-state index in [0.29, 0.717) is 5.02 Å². The van der Waals surface area contributed by atoms with Crippen molar-refractivity contribution in [1.29, 1.82) is 0 Å². The van der Waals surface area contributed by atoms with E-state index in [1.165, 1.54) is 24.4 Å². The van der Waals surface area contributed by atoms with Crippen LogP contribution in [0.25, 0.3) is 0 Å². The summed E-state index contributed by atoms with van der Waals surface area (Å²) in [6.45, 7) is 1.85. The molecule has 0 aromatic heterocycles. The number of non-ortho nitro benzene ring substituents is 1. The Morgan fingerprint density at radius 2 is 2.05 bits per heavy atom. The first-order valence-electron chi connectivity index (χ1n) is 6.21. The van der Waals surface area contributed by atoms with Crippen LogP contribution in [0.5, 0.6) is 5.75 Å². The van der Waals surface area contributed by atoms with Gasteiger partial charge in [-0.15, -0.1) is 0 Å². The van der Waals surface area contributed by atoms with Crippen LogP contribution in [0.1, 0.15) is 24.1 Å². The maximum Gasteiger partial charge on any atom is 0.270 e. The van der Waals surface area contributed by atoms with E-state index in [4.69, 9.17) is 11.6 Å². The van der Waals surface area contributed by atoms with Crippen LogP contribution in [0.4, 0.5) is 5.69 Å². The summed E-state index contributed by atoms with van der Waals surface area (Å²) < 4.78 is 0. The molecule has 0 radical (unpaired) electrons. The molecular formula is C15H12ClN2O3-. The van der Waals surface area contributed by atoms with Crippen molar-refractivity contribution in [1.82, 2.24) is 0 Å². The van der Waals surface area contributed by atoms with Crippen LogP contribution in [-0.4, -0.2) is 11.1 Å². The van der Waals surface area contributed by atoms with Gasteiger partial charge in [0.15, 0.2) is 0 Å². The van der Waals surface area contributed by atoms with Crippen LogP contribution in [0.3, 0.4) is 0 Å². The van der Waals surface area contributed by atoms with Gasteiger partial charge in [0, 0.05) is 23.4 Å². The zero-order chi connectivity index (χ0) is 15.4. The molecule has 0 bridgehead atoms. The van der Waals surface area contributed by atoms with Gasteiger partial charge in [0.25, 0.3) is 5.69 Å². The van der Waals surface area contributed by atoms with E-state index in [-0.39, 0.29) is 23.0 Å². The highest BCUT2D eigenvalue weighted by molar-refractivity contribution is 6.30. The van der Waals surface area contributed by atoms with Crippen molar-refractivity contribution in [3.63, 3.8) is 0 Å². The molecule has 1 atom stereocenters. The van der Waals surface area contributed by atoms with E-state index >= 15 is 0 Å². The molecule has 0 saturated carbocycles. The van der Waals surface area contributed by atoms with Crippen molar-refractivity contribution >= 4 is 23.5 Å². The molecular weight excluding hydrogens is 292 g/mol. The zero-order valence-electron chi connectivity index (χ0n) is 11.2. The Hall–Kier alpha value is -2.40. The fourth-order valence-electron chi connectivity index (χ4n) is 1.79. The average Bonchev–Trinajstić information content (AvgIpc) is 2.45. The third kappa shape index (κ3) is 3.79. The maximum absolute atomic E-state index is 11.7. The molecule has 108 valence electrons. The first-order chi connectivity index (χ1) is 9.97. The molecule has 2 aromatic carbocycles. The second-order valence-corrected chi connectivity index (χ2v) is 4.92. The van der Waals surface area contributed by atoms with Gasteiger partial charge in [-0.2, -0.15) is 0 Å². The predicted octanol–water partition coefficient (Wildman–Crippen LogP) is 3.50. The molecule has 0 amide bonds. The van der Waals surface area contributed by atoms with Gasteiger partial charge in [0.05, 0.1) is 11.0 Å². The van der Waals surface area contributed by atoms with E-state index in [9.17, 15) is 15.2 Å². The number of nitrogens with zero attached hydrogens (tertiary/aromatic N) is 2. The lowest BCUT2D eigenvalue weighted by Gasteiger charge is -2.10. The highest BCUT2D eigenvalue weighted by Gasteiger charge is 2.07. The Kier molecular flexibility index (Phi) is 4.55. The third-order valence-electron chi connectivity index (χ3n) is 2.97. The lowest BCUT2D eigenvalue weighted by molar-refractivity contribution is -0.385. The van der Waals surface area contributed by atoms with E-state index in [1.807, 2.05) is 19.1 Å². The van der Waals surface area contributed by atoms with Crippen molar-refractivity contribution in [2.75, 3.05) is 0 Å². The van der Waals surface area contributed by atoms with Crippen molar-refractivity contribution in [3.8, 4) is 5.75 Å². The fourth-order valence-corrected chi connectivity index (χ4v) is 1.99. The molecule has 2 aromatic rings. The van der Waals surface area contributed by atoms with Gasteiger partial charge in [-0.05, 0) is 30.2 Å². The number of hydrogen-bond acceptors (Lipinski definition) is 4. The lowest BCUT2D eigenvalue weighted by Crippen LogP contribution is -1.99. The van der Waals surface area contributed by atoms with Gasteiger partial charge in [0.1, 0.15) is 0 Å². The molecule has 0 aliphatic rings. The number of benzene rings is 2. The molecule has 5 nitrogen and oxygen atoms in total. The minimum atomic E-state index is -0.544. The smallest absolute Gasteiger partial charge is 0.270 e. The van der Waals surface area contributed by atoms with E-state index in [0.717, 1.165) is 5.56 Å². The molecule has 21 heavy (non-hydrogen) atoms. The van der Waals surface area contributed by atoms with Crippen molar-refractivity contribution in [3.05, 3.63) is 68.7 Å². The number of nitro benzene ring substituents is 1. The van der Waals surface area contributed by atoms with Gasteiger partial charge in [0.2, 0.25) is 0 Å². The summed E-state index contributed by atoms with van der Waals surface area (Å²) in [5, 5.41) is 23.0. The second kappa shape index (κ2) is 6.37. The van der Waals surface area contributed by atoms with Crippen molar-refractivity contribution < 1.29 is 10.0 Å². The van der Waals surface area contributed by atoms with Gasteiger partial charge in [-0.3, -0.25) is 15.1 Å². The summed E-state index contributed by atoms with van der Waals surface area (Å²) >= 11 is 5.91. The van der Waals surface area contributed by atoms with Crippen molar-refractivity contribution in [2.45, 2.75) is 13.0 Å². The molecule has 6 heteroatoms. The van der Waals surface area contributed by atoms with E-state index in [2.05, 4.69) is 4.99 Å². The second-order valence-electron chi connectivity index (χ2n) is 4.49. The molecule has 0 unspecified atom stereocenters. The zero-order valence-corrected chi connectivity index (χ0v) is 11.9. The predicted molar refractivity (Wildman–Crippen MR) is 80.0 cm³/mol. The molecule has 0 saturated heterocycles. The third-order valence-corrected chi connectivity index (χ3v) is 3.21. The van der Waals surface area contributed by atoms with E-state index < -0.39 is 4.92 Å². The number of rotatable bonds is 4. The van der Waals surface area contributed by atoms with Crippen LogP contribution in [0.2, 0.25) is 5.02 Å². The number of halogens is 1. The molecule has 0 aliphatic carbocycles. The van der Waals surface area contributed by atoms with E-state index in [1.54, 1.807) is 12.1 Å². The van der Waals surface area contributed by atoms with Gasteiger partial charge in [-0.1, -0.05) is 35.5 Å². The van der Waals surface area contributed by atoms with Crippen LogP contribution in [-0.2, 0) is 0 Å². The lowest BCUT2D eigenvalue weighted by atomic mass is 10.1. The summed E-state index contributed by atoms with van der Waals surface area (Å²) in [7, 11) is 0. The largest absolute Gasteiger partial charge is 0.872 e. The normalized spacial score (nSPS) is 12.5. The minimum Gasteiger partial charge on any atom is -0.872 e. The van der Waals surface area contributed by atoms with Crippen LogP contribution in [0, 0.1) is 10.1 Å². The first kappa shape index (κ1) is 15.0. The Morgan fingerprint density at radius 1 is 1.29 bits per heavy atom. The highest BCUT2D eigenvalue weighted by Crippen LogP contribution is 2.22. The minimum absolute atomic E-state index is 0.133. The molecule has 2 rings (SSSR count). The Morgan fingerprint density at radius 3 is 2.71 bits per heavy atom. The first-order valence-corrected chi connectivity index (χ1v) is 6.59. The molecule has 0 spiro atoms. The molecule has 0 fully saturated rings. The SMILES string of the molecule is C[C@@H](N=Cc1cc([N+](=O)[O-])ccc1[O-])c1cccc(Cl)c1. The summed E-state index contributed by atoms with van der Waals surface area (Å²) in [5.74, 6) is -0.303. The summed E-state index contributed by atoms with van der Waals surface area (Å²) in [6, 6.07) is 10.6. The number of aliphatic imine (C=N–C) groups is 1. The van der Waals surface area contributed by atoms with Crippen LogP contribution < -0.4 is 5.11 Å². The van der Waals surface area contributed by atoms with Crippen LogP contribution in [0.15, 0.2) is 47.5 Å². The molecule has 0 N–H and O–H groups in total. The number of hydrogen-bond donors (Lipinski definition) is 0. The highest BCUT2D eigenvalue weighted by atomic mass is 35.5. The Bertz CT molecular complexity index is 701. The quantitative estimate of drug-likeness (QED) is 0.492. The summed E-state index contributed by atoms with van der Waals surface area (Å²) in [4.78, 5) is 14.4. The van der Waals surface area contributed by atoms with Gasteiger partial charge < -0.3 is 5.11 Å². The van der Waals surface area contributed by atoms with Gasteiger partial charge in [-0.25, -0.2) is 0 Å². The fraction of sp³-hybridized carbons (Fsp3) is 0.133. The summed E-state index contributed by atoms with van der Waals surface area (Å²) in [5.41, 5.74) is 0.959. The Labute approximate surface area is 126 Å². The van der Waals surface area contributed by atoms with Crippen molar-refractivity contribution in [2.24, 2.45) is 4.99 Å². The Balaban J connectivity index is 2.24. The monoisotopic (exact) mass is 303 g/mol. The number of nitro groups is 1. The molecule has 0 heterocycles. The topological polar surface area (TPSA) is 78.6 Å². The van der Waals surface area contributed by atoms with Gasteiger partial charge >= 0.3 is 0 Å². The standard InChI is InChI=1S/C15H13ClN2O3/c1-10(11-3-2-4-13(16)7-11)17-9-12-8-14(18(20)21)5-6-15(12)19/h2-10,19H,1H3/p-1/t10-/m1/s1.